The van der Waals surface area contributed by atoms with Gasteiger partial charge in [0.05, 0.1) is 0 Å². The molecule has 3 heteroatoms. The predicted octanol–water partition coefficient (Wildman–Crippen LogP) is 4.01. The van der Waals surface area contributed by atoms with E-state index in [4.69, 9.17) is 0 Å². The van der Waals surface area contributed by atoms with Gasteiger partial charge < -0.3 is 5.32 Å². The standard InChI is InChI=1S/C14H21BrFN/c1-10(2)14(3,9-17-4)8-11-5-6-12(15)7-13(11)16/h5-7,10,17H,8-9H2,1-4H3. The molecule has 0 aromatic heterocycles. The van der Waals surface area contributed by atoms with Gasteiger partial charge in [0.15, 0.2) is 0 Å². The van der Waals surface area contributed by atoms with E-state index in [1.165, 1.54) is 6.07 Å². The van der Waals surface area contributed by atoms with E-state index in [0.29, 0.717) is 5.92 Å². The summed E-state index contributed by atoms with van der Waals surface area (Å²) in [4.78, 5) is 0. The zero-order valence-corrected chi connectivity index (χ0v) is 12.6. The molecular formula is C14H21BrFN. The Bertz CT molecular complexity index is 378. The van der Waals surface area contributed by atoms with Crippen LogP contribution in [0.3, 0.4) is 0 Å². The van der Waals surface area contributed by atoms with Crippen LogP contribution in [0.5, 0.6) is 0 Å². The molecule has 0 aliphatic carbocycles. The van der Waals surface area contributed by atoms with Crippen molar-refractivity contribution in [3.8, 4) is 0 Å². The minimum Gasteiger partial charge on any atom is -0.319 e. The summed E-state index contributed by atoms with van der Waals surface area (Å²) in [5.74, 6) is 0.375. The first-order valence-corrected chi connectivity index (χ1v) is 6.77. The van der Waals surface area contributed by atoms with Gasteiger partial charge in [-0.1, -0.05) is 42.8 Å². The summed E-state index contributed by atoms with van der Waals surface area (Å²) in [6, 6.07) is 5.31. The lowest BCUT2D eigenvalue weighted by Crippen LogP contribution is -2.36. The second-order valence-electron chi connectivity index (χ2n) is 5.25. The number of rotatable bonds is 5. The number of hydrogen-bond donors (Lipinski definition) is 1. The third-order valence-electron chi connectivity index (χ3n) is 3.58. The van der Waals surface area contributed by atoms with E-state index in [1.807, 2.05) is 19.2 Å². The van der Waals surface area contributed by atoms with Crippen LogP contribution in [0.1, 0.15) is 26.3 Å². The van der Waals surface area contributed by atoms with Crippen LogP contribution in [0.2, 0.25) is 0 Å². The van der Waals surface area contributed by atoms with Crippen molar-refractivity contribution in [2.75, 3.05) is 13.6 Å². The highest BCUT2D eigenvalue weighted by atomic mass is 79.9. The summed E-state index contributed by atoms with van der Waals surface area (Å²) in [5, 5.41) is 3.21. The third-order valence-corrected chi connectivity index (χ3v) is 4.08. The van der Waals surface area contributed by atoms with Crippen LogP contribution in [-0.2, 0) is 6.42 Å². The van der Waals surface area contributed by atoms with E-state index in [1.54, 1.807) is 0 Å². The molecular weight excluding hydrogens is 281 g/mol. The van der Waals surface area contributed by atoms with Gasteiger partial charge in [-0.15, -0.1) is 0 Å². The fourth-order valence-corrected chi connectivity index (χ4v) is 2.31. The van der Waals surface area contributed by atoms with Gasteiger partial charge in [-0.05, 0) is 42.5 Å². The zero-order valence-electron chi connectivity index (χ0n) is 11.0. The van der Waals surface area contributed by atoms with Gasteiger partial charge in [0.25, 0.3) is 0 Å². The average molecular weight is 302 g/mol. The molecule has 0 aliphatic heterocycles. The van der Waals surface area contributed by atoms with Crippen molar-refractivity contribution < 1.29 is 4.39 Å². The molecule has 0 aliphatic rings. The monoisotopic (exact) mass is 301 g/mol. The first-order chi connectivity index (χ1) is 7.89. The minimum absolute atomic E-state index is 0.0728. The van der Waals surface area contributed by atoms with Crippen LogP contribution >= 0.6 is 15.9 Å². The summed E-state index contributed by atoms with van der Waals surface area (Å²) >= 11 is 3.28. The maximum Gasteiger partial charge on any atom is 0.127 e. The molecule has 0 saturated carbocycles. The van der Waals surface area contributed by atoms with Crippen molar-refractivity contribution in [3.05, 3.63) is 34.1 Å². The Morgan fingerprint density at radius 2 is 2.06 bits per heavy atom. The number of nitrogens with one attached hydrogen (secondary N) is 1. The van der Waals surface area contributed by atoms with Crippen LogP contribution in [0, 0.1) is 17.2 Å². The molecule has 1 unspecified atom stereocenters. The van der Waals surface area contributed by atoms with Crippen LogP contribution in [0.25, 0.3) is 0 Å². The molecule has 1 aromatic carbocycles. The quantitative estimate of drug-likeness (QED) is 0.866. The van der Waals surface area contributed by atoms with Crippen molar-refractivity contribution in [2.24, 2.45) is 11.3 Å². The number of hydrogen-bond acceptors (Lipinski definition) is 1. The Kier molecular flexibility index (Phi) is 5.14. The van der Waals surface area contributed by atoms with Crippen LogP contribution < -0.4 is 5.32 Å². The molecule has 1 N–H and O–H groups in total. The van der Waals surface area contributed by atoms with Gasteiger partial charge >= 0.3 is 0 Å². The lowest BCUT2D eigenvalue weighted by molar-refractivity contribution is 0.210. The Balaban J connectivity index is 2.93. The Morgan fingerprint density at radius 1 is 1.41 bits per heavy atom. The molecule has 0 fully saturated rings. The summed E-state index contributed by atoms with van der Waals surface area (Å²) in [5.41, 5.74) is 0.864. The van der Waals surface area contributed by atoms with Crippen molar-refractivity contribution in [3.63, 3.8) is 0 Å². The van der Waals surface area contributed by atoms with Crippen molar-refractivity contribution in [2.45, 2.75) is 27.2 Å². The molecule has 96 valence electrons. The first-order valence-electron chi connectivity index (χ1n) is 5.97. The fraction of sp³-hybridized carbons (Fsp3) is 0.571. The normalized spacial score (nSPS) is 15.0. The van der Waals surface area contributed by atoms with E-state index < -0.39 is 0 Å². The van der Waals surface area contributed by atoms with Gasteiger partial charge in [0.1, 0.15) is 5.82 Å². The van der Waals surface area contributed by atoms with Gasteiger partial charge in [-0.2, -0.15) is 0 Å². The molecule has 1 atom stereocenters. The summed E-state index contributed by atoms with van der Waals surface area (Å²) < 4.78 is 14.6. The highest BCUT2D eigenvalue weighted by Gasteiger charge is 2.28. The Morgan fingerprint density at radius 3 is 2.53 bits per heavy atom. The molecule has 0 amide bonds. The van der Waals surface area contributed by atoms with Gasteiger partial charge in [0, 0.05) is 11.0 Å². The van der Waals surface area contributed by atoms with Crippen LogP contribution in [0.4, 0.5) is 4.39 Å². The lowest BCUT2D eigenvalue weighted by Gasteiger charge is -2.34. The lowest BCUT2D eigenvalue weighted by atomic mass is 9.74. The maximum absolute atomic E-state index is 13.8. The van der Waals surface area contributed by atoms with E-state index in [9.17, 15) is 4.39 Å². The number of benzene rings is 1. The largest absolute Gasteiger partial charge is 0.319 e. The third kappa shape index (κ3) is 3.78. The zero-order chi connectivity index (χ0) is 13.1. The highest BCUT2D eigenvalue weighted by molar-refractivity contribution is 9.10. The molecule has 0 radical (unpaired) electrons. The Labute approximate surface area is 112 Å². The number of halogens is 2. The van der Waals surface area contributed by atoms with Gasteiger partial charge in [-0.3, -0.25) is 0 Å². The molecule has 17 heavy (non-hydrogen) atoms. The molecule has 1 nitrogen and oxygen atoms in total. The molecule has 0 heterocycles. The molecule has 1 aromatic rings. The van der Waals surface area contributed by atoms with Crippen molar-refractivity contribution in [1.82, 2.24) is 5.32 Å². The fourth-order valence-electron chi connectivity index (χ4n) is 1.97. The molecule has 0 spiro atoms. The average Bonchev–Trinajstić information content (AvgIpc) is 2.22. The van der Waals surface area contributed by atoms with E-state index in [-0.39, 0.29) is 11.2 Å². The highest BCUT2D eigenvalue weighted by Crippen LogP contribution is 2.32. The van der Waals surface area contributed by atoms with E-state index in [2.05, 4.69) is 42.0 Å². The molecule has 0 saturated heterocycles. The Hall–Kier alpha value is -0.410. The second-order valence-corrected chi connectivity index (χ2v) is 6.17. The van der Waals surface area contributed by atoms with Gasteiger partial charge in [0.2, 0.25) is 0 Å². The van der Waals surface area contributed by atoms with Crippen LogP contribution in [-0.4, -0.2) is 13.6 Å². The van der Waals surface area contributed by atoms with E-state index >= 15 is 0 Å². The summed E-state index contributed by atoms with van der Waals surface area (Å²) in [6.45, 7) is 7.47. The predicted molar refractivity (Wildman–Crippen MR) is 74.7 cm³/mol. The SMILES string of the molecule is CNCC(C)(Cc1ccc(Br)cc1F)C(C)C. The maximum atomic E-state index is 13.8. The minimum atomic E-state index is -0.123. The smallest absolute Gasteiger partial charge is 0.127 e. The van der Waals surface area contributed by atoms with Crippen molar-refractivity contribution in [1.29, 1.82) is 0 Å². The van der Waals surface area contributed by atoms with Crippen LogP contribution in [0.15, 0.2) is 22.7 Å². The molecule has 1 rings (SSSR count). The molecule has 0 bridgehead atoms. The summed E-state index contributed by atoms with van der Waals surface area (Å²) in [6.07, 6.45) is 0.755. The van der Waals surface area contributed by atoms with Gasteiger partial charge in [-0.25, -0.2) is 4.39 Å². The topological polar surface area (TPSA) is 12.0 Å². The van der Waals surface area contributed by atoms with Crippen molar-refractivity contribution >= 4 is 15.9 Å². The summed E-state index contributed by atoms with van der Waals surface area (Å²) in [7, 11) is 1.94. The first kappa shape index (κ1) is 14.7. The van der Waals surface area contributed by atoms with E-state index in [0.717, 1.165) is 23.0 Å². The second kappa shape index (κ2) is 5.96.